The lowest BCUT2D eigenvalue weighted by Crippen LogP contribution is -2.68. The van der Waals surface area contributed by atoms with Crippen LogP contribution in [-0.4, -0.2) is 66.1 Å². The summed E-state index contributed by atoms with van der Waals surface area (Å²) in [4.78, 5) is -3.57. The zero-order chi connectivity index (χ0) is 25.6. The third-order valence-electron chi connectivity index (χ3n) is 3.60. The minimum absolute atomic E-state index is 0.265. The van der Waals surface area contributed by atoms with E-state index in [1.807, 2.05) is 0 Å². The molecule has 0 aromatic rings. The van der Waals surface area contributed by atoms with Crippen LogP contribution in [0.4, 0.5) is 74.6 Å². The fourth-order valence-electron chi connectivity index (χ4n) is 2.11. The summed E-state index contributed by atoms with van der Waals surface area (Å²) < 4.78 is 221. The topological polar surface area (TPSA) is 12.5 Å². The average molecular weight is 507 g/mol. The van der Waals surface area contributed by atoms with E-state index in [4.69, 9.17) is 0 Å². The summed E-state index contributed by atoms with van der Waals surface area (Å²) in [5.74, 6) is -12.1. The van der Waals surface area contributed by atoms with Crippen LogP contribution in [0.1, 0.15) is 13.8 Å². The molecule has 0 aliphatic heterocycles. The predicted molar refractivity (Wildman–Crippen MR) is 64.6 cm³/mol. The number of alkyl halides is 17. The van der Waals surface area contributed by atoms with E-state index in [2.05, 4.69) is 4.74 Å². The smallest absolute Gasteiger partial charge is 0.363 e. The zero-order valence-corrected chi connectivity index (χ0v) is 14.6. The van der Waals surface area contributed by atoms with Crippen molar-refractivity contribution in [2.24, 2.45) is 0 Å². The van der Waals surface area contributed by atoms with E-state index < -0.39 is 73.0 Å². The fraction of sp³-hybridized carbons (Fsp3) is 1.00. The minimum Gasteiger partial charge on any atom is -0.363 e. The molecule has 0 radical (unpaired) electrons. The van der Waals surface area contributed by atoms with E-state index in [-0.39, 0.29) is 6.92 Å². The number of hydrogen-bond donors (Lipinski definition) is 0. The summed E-state index contributed by atoms with van der Waals surface area (Å²) in [5, 5.41) is 0. The second kappa shape index (κ2) is 8.58. The van der Waals surface area contributed by atoms with Crippen LogP contribution in [0, 0.1) is 0 Å². The molecule has 4 unspecified atom stereocenters. The monoisotopic (exact) mass is 507 g/mol. The van der Waals surface area contributed by atoms with Gasteiger partial charge in [-0.15, -0.1) is 4.90 Å². The van der Waals surface area contributed by atoms with Crippen molar-refractivity contribution in [3.8, 4) is 0 Å². The maximum absolute atomic E-state index is 14.0. The molecule has 0 N–H and O–H groups in total. The van der Waals surface area contributed by atoms with Gasteiger partial charge in [0.15, 0.2) is 6.04 Å². The Morgan fingerprint density at radius 3 is 1.13 bits per heavy atom. The summed E-state index contributed by atoms with van der Waals surface area (Å²) in [6.45, 7) is -0.685. The highest BCUT2D eigenvalue weighted by Crippen LogP contribution is 2.48. The largest absolute Gasteiger partial charge is 0.467 e. The van der Waals surface area contributed by atoms with Gasteiger partial charge >= 0.3 is 30.9 Å². The minimum atomic E-state index is -7.13. The maximum Gasteiger partial charge on any atom is 0.467 e. The van der Waals surface area contributed by atoms with Crippen molar-refractivity contribution < 1.29 is 79.4 Å². The summed E-state index contributed by atoms with van der Waals surface area (Å²) in [5.41, 5.74) is 0. The third kappa shape index (κ3) is 6.85. The molecule has 0 bridgehead atoms. The SMILES string of the molecule is CC(OC(C)C(F)(F)C(N(C(F)(F)F)C(F)(F)F)C(F)(F)F)C(F)(F)C(F)C(F)(F)F. The Labute approximate surface area is 160 Å². The molecule has 19 heteroatoms. The Bertz CT molecular complexity index is 574. The summed E-state index contributed by atoms with van der Waals surface area (Å²) in [7, 11) is 0. The van der Waals surface area contributed by atoms with E-state index >= 15 is 0 Å². The van der Waals surface area contributed by atoms with Crippen molar-refractivity contribution in [3.05, 3.63) is 0 Å². The molecule has 4 atom stereocenters. The first-order chi connectivity index (χ1) is 13.2. The highest BCUT2D eigenvalue weighted by molar-refractivity contribution is 4.98. The second-order valence-electron chi connectivity index (χ2n) is 5.92. The van der Waals surface area contributed by atoms with E-state index in [0.717, 1.165) is 0 Å². The standard InChI is InChI=1S/C12H10F17NO/c1-3(7(14,15)5(13)9(18,19)20)31-4(2)8(16,17)6(10(21,22)23)30(11(24,25)26)12(27,28)29/h3-6H,1-2H3. The van der Waals surface area contributed by atoms with Gasteiger partial charge in [0, 0.05) is 0 Å². The molecule has 0 aromatic carbocycles. The van der Waals surface area contributed by atoms with Crippen LogP contribution in [0.3, 0.4) is 0 Å². The van der Waals surface area contributed by atoms with Gasteiger partial charge in [-0.05, 0) is 13.8 Å². The molecule has 0 rings (SSSR count). The van der Waals surface area contributed by atoms with Crippen molar-refractivity contribution in [2.45, 2.75) is 75.1 Å². The van der Waals surface area contributed by atoms with Crippen molar-refractivity contribution in [2.75, 3.05) is 0 Å². The lowest BCUT2D eigenvalue weighted by molar-refractivity contribution is -0.432. The first kappa shape index (κ1) is 29.7. The normalized spacial score (nSPS) is 19.4. The van der Waals surface area contributed by atoms with Gasteiger partial charge in [-0.2, -0.15) is 52.7 Å². The van der Waals surface area contributed by atoms with Gasteiger partial charge in [0.25, 0.3) is 12.1 Å². The molecule has 0 saturated heterocycles. The van der Waals surface area contributed by atoms with Gasteiger partial charge in [-0.25, -0.2) is 22.0 Å². The summed E-state index contributed by atoms with van der Waals surface area (Å²) in [6.07, 6.45) is -40.3. The molecule has 0 saturated carbocycles. The van der Waals surface area contributed by atoms with E-state index in [1.165, 1.54) is 0 Å². The number of nitrogens with zero attached hydrogens (tertiary/aromatic N) is 1. The maximum atomic E-state index is 14.0. The van der Waals surface area contributed by atoms with Gasteiger partial charge in [-0.3, -0.25) is 0 Å². The highest BCUT2D eigenvalue weighted by atomic mass is 19.4. The van der Waals surface area contributed by atoms with E-state index in [1.54, 1.807) is 0 Å². The Hall–Kier alpha value is -1.27. The predicted octanol–water partition coefficient (Wildman–Crippen LogP) is 6.22. The zero-order valence-electron chi connectivity index (χ0n) is 14.6. The van der Waals surface area contributed by atoms with Crippen molar-refractivity contribution in [3.63, 3.8) is 0 Å². The van der Waals surface area contributed by atoms with Gasteiger partial charge in [0.2, 0.25) is 0 Å². The number of rotatable bonds is 7. The third-order valence-corrected chi connectivity index (χ3v) is 3.60. The summed E-state index contributed by atoms with van der Waals surface area (Å²) in [6, 6.07) is -5.79. The molecule has 0 aliphatic carbocycles. The van der Waals surface area contributed by atoms with Gasteiger partial charge in [0.1, 0.15) is 12.2 Å². The van der Waals surface area contributed by atoms with Crippen LogP contribution in [0.2, 0.25) is 0 Å². The van der Waals surface area contributed by atoms with Gasteiger partial charge in [0.05, 0.1) is 0 Å². The van der Waals surface area contributed by atoms with Crippen LogP contribution in [0.25, 0.3) is 0 Å². The quantitative estimate of drug-likeness (QED) is 0.300. The van der Waals surface area contributed by atoms with Crippen LogP contribution >= 0.6 is 0 Å². The molecule has 0 aromatic heterocycles. The van der Waals surface area contributed by atoms with Crippen LogP contribution in [-0.2, 0) is 4.74 Å². The highest BCUT2D eigenvalue weighted by Gasteiger charge is 2.73. The van der Waals surface area contributed by atoms with Crippen LogP contribution in [0.15, 0.2) is 0 Å². The van der Waals surface area contributed by atoms with Gasteiger partial charge in [-0.1, -0.05) is 0 Å². The molecule has 0 spiro atoms. The molecular formula is C12H10F17NO. The molecule has 31 heavy (non-hydrogen) atoms. The lowest BCUT2D eigenvalue weighted by atomic mass is 10.0. The molecule has 0 heterocycles. The first-order valence-electron chi connectivity index (χ1n) is 7.31. The van der Waals surface area contributed by atoms with Crippen molar-refractivity contribution in [1.82, 2.24) is 4.90 Å². The molecule has 0 aliphatic rings. The molecule has 0 fully saturated rings. The molecule has 2 nitrogen and oxygen atoms in total. The molecular weight excluding hydrogens is 497 g/mol. The van der Waals surface area contributed by atoms with Crippen molar-refractivity contribution in [1.29, 1.82) is 0 Å². The number of halogens is 17. The lowest BCUT2D eigenvalue weighted by Gasteiger charge is -2.41. The number of hydrogen-bond acceptors (Lipinski definition) is 2. The molecule has 0 amide bonds. The Morgan fingerprint density at radius 2 is 0.871 bits per heavy atom. The van der Waals surface area contributed by atoms with Crippen LogP contribution < -0.4 is 0 Å². The summed E-state index contributed by atoms with van der Waals surface area (Å²) >= 11 is 0. The average Bonchev–Trinajstić information content (AvgIpc) is 2.46. The van der Waals surface area contributed by atoms with E-state index in [9.17, 15) is 74.6 Å². The van der Waals surface area contributed by atoms with E-state index in [0.29, 0.717) is 0 Å². The van der Waals surface area contributed by atoms with Gasteiger partial charge < -0.3 is 4.74 Å². The first-order valence-corrected chi connectivity index (χ1v) is 7.31. The number of ether oxygens (including phenoxy) is 1. The Kier molecular flexibility index (Phi) is 8.23. The Balaban J connectivity index is 6.21. The van der Waals surface area contributed by atoms with Crippen molar-refractivity contribution >= 4 is 0 Å². The molecule has 188 valence electrons. The second-order valence-corrected chi connectivity index (χ2v) is 5.92. The fourth-order valence-corrected chi connectivity index (χ4v) is 2.11. The Morgan fingerprint density at radius 1 is 0.548 bits per heavy atom. The van der Waals surface area contributed by atoms with Crippen LogP contribution in [0.5, 0.6) is 0 Å².